The van der Waals surface area contributed by atoms with Crippen LogP contribution in [0.25, 0.3) is 10.1 Å². The minimum absolute atomic E-state index is 0.108. The molecule has 2 aromatic rings. The number of hydrogen-bond acceptors (Lipinski definition) is 2. The van der Waals surface area contributed by atoms with Crippen LogP contribution in [-0.2, 0) is 0 Å². The van der Waals surface area contributed by atoms with Gasteiger partial charge in [-0.15, -0.1) is 22.9 Å². The number of rotatable bonds is 1. The Hall–Kier alpha value is -1.06. The molecule has 1 aromatic carbocycles. The molecule has 0 spiro atoms. The number of nitrogens with zero attached hydrogens (tertiary/aromatic N) is 1. The van der Waals surface area contributed by atoms with Crippen LogP contribution < -0.4 is 0 Å². The van der Waals surface area contributed by atoms with Crippen LogP contribution in [-0.4, -0.2) is 29.3 Å². The number of hydrogen-bond donors (Lipinski definition) is 0. The number of piperidine rings is 1. The summed E-state index contributed by atoms with van der Waals surface area (Å²) in [4.78, 5) is 15.1. The SMILES string of the molecule is O=C(c1cc2ccccc2s1)N1CCCC(Cl)C1. The van der Waals surface area contributed by atoms with Crippen molar-refractivity contribution < 1.29 is 4.79 Å². The summed E-state index contributed by atoms with van der Waals surface area (Å²) in [6, 6.07) is 10.1. The number of fused-ring (bicyclic) bond motifs is 1. The Bertz CT molecular complexity index is 547. The molecule has 3 rings (SSSR count). The molecular weight excluding hydrogens is 266 g/mol. The maximum Gasteiger partial charge on any atom is 0.264 e. The largest absolute Gasteiger partial charge is 0.336 e. The van der Waals surface area contributed by atoms with Gasteiger partial charge in [-0.25, -0.2) is 0 Å². The number of benzene rings is 1. The van der Waals surface area contributed by atoms with E-state index in [-0.39, 0.29) is 11.3 Å². The lowest BCUT2D eigenvalue weighted by Gasteiger charge is -2.29. The van der Waals surface area contributed by atoms with Gasteiger partial charge in [-0.2, -0.15) is 0 Å². The quantitative estimate of drug-likeness (QED) is 0.728. The number of thiophene rings is 1. The lowest BCUT2D eigenvalue weighted by Crippen LogP contribution is -2.40. The molecule has 1 unspecified atom stereocenters. The van der Waals surface area contributed by atoms with E-state index in [1.807, 2.05) is 29.2 Å². The summed E-state index contributed by atoms with van der Waals surface area (Å²) in [5, 5.41) is 1.25. The molecule has 1 amide bonds. The normalized spacial score (nSPS) is 20.3. The summed E-state index contributed by atoms with van der Waals surface area (Å²) in [6.07, 6.45) is 2.02. The van der Waals surface area contributed by atoms with Gasteiger partial charge in [0.2, 0.25) is 0 Å². The van der Waals surface area contributed by atoms with Crippen molar-refractivity contribution in [1.82, 2.24) is 4.90 Å². The molecule has 1 aliphatic rings. The third-order valence-corrected chi connectivity index (χ3v) is 4.75. The average Bonchev–Trinajstić information content (AvgIpc) is 2.81. The second-order valence-electron chi connectivity index (χ2n) is 4.64. The molecule has 94 valence electrons. The minimum Gasteiger partial charge on any atom is -0.336 e. The van der Waals surface area contributed by atoms with E-state index < -0.39 is 0 Å². The van der Waals surface area contributed by atoms with E-state index in [9.17, 15) is 4.79 Å². The zero-order chi connectivity index (χ0) is 12.5. The van der Waals surface area contributed by atoms with Crippen molar-refractivity contribution in [3.8, 4) is 0 Å². The lowest BCUT2D eigenvalue weighted by atomic mass is 10.1. The highest BCUT2D eigenvalue weighted by Crippen LogP contribution is 2.27. The summed E-state index contributed by atoms with van der Waals surface area (Å²) in [7, 11) is 0. The van der Waals surface area contributed by atoms with Crippen LogP contribution in [0.3, 0.4) is 0 Å². The topological polar surface area (TPSA) is 20.3 Å². The molecular formula is C14H14ClNOS. The summed E-state index contributed by atoms with van der Waals surface area (Å²) < 4.78 is 1.17. The van der Waals surface area contributed by atoms with Gasteiger partial charge in [0.15, 0.2) is 0 Å². The van der Waals surface area contributed by atoms with Gasteiger partial charge in [-0.1, -0.05) is 18.2 Å². The Kier molecular flexibility index (Phi) is 3.27. The monoisotopic (exact) mass is 279 g/mol. The number of likely N-dealkylation sites (tertiary alicyclic amines) is 1. The Morgan fingerprint density at radius 3 is 3.00 bits per heavy atom. The predicted molar refractivity (Wildman–Crippen MR) is 76.6 cm³/mol. The van der Waals surface area contributed by atoms with Gasteiger partial charge < -0.3 is 4.90 Å². The van der Waals surface area contributed by atoms with Crippen molar-refractivity contribution in [2.45, 2.75) is 18.2 Å². The molecule has 18 heavy (non-hydrogen) atoms. The van der Waals surface area contributed by atoms with Crippen LogP contribution >= 0.6 is 22.9 Å². The van der Waals surface area contributed by atoms with Crippen LogP contribution in [0.2, 0.25) is 0 Å². The molecule has 1 aromatic heterocycles. The minimum atomic E-state index is 0.108. The Labute approximate surface area is 115 Å². The molecule has 2 nitrogen and oxygen atoms in total. The van der Waals surface area contributed by atoms with Crippen molar-refractivity contribution in [1.29, 1.82) is 0 Å². The standard InChI is InChI=1S/C14H14ClNOS/c15-11-5-3-7-16(9-11)14(17)13-8-10-4-1-2-6-12(10)18-13/h1-2,4,6,8,11H,3,5,7,9H2. The fourth-order valence-corrected chi connectivity index (χ4v) is 3.70. The molecule has 1 atom stereocenters. The van der Waals surface area contributed by atoms with Crippen LogP contribution in [0.15, 0.2) is 30.3 Å². The molecule has 0 aliphatic carbocycles. The van der Waals surface area contributed by atoms with Crippen LogP contribution in [0.4, 0.5) is 0 Å². The molecule has 1 aliphatic heterocycles. The third kappa shape index (κ3) is 2.25. The van der Waals surface area contributed by atoms with Crippen LogP contribution in [0.1, 0.15) is 22.5 Å². The number of alkyl halides is 1. The predicted octanol–water partition coefficient (Wildman–Crippen LogP) is 3.74. The van der Waals surface area contributed by atoms with E-state index >= 15 is 0 Å². The van der Waals surface area contributed by atoms with Crippen LogP contribution in [0, 0.1) is 0 Å². The molecule has 0 saturated carbocycles. The summed E-state index contributed by atoms with van der Waals surface area (Å²) in [5.41, 5.74) is 0. The number of halogens is 1. The van der Waals surface area contributed by atoms with Crippen LogP contribution in [0.5, 0.6) is 0 Å². The molecule has 4 heteroatoms. The number of carbonyl (C=O) groups is 1. The molecule has 1 saturated heterocycles. The molecule has 1 fully saturated rings. The van der Waals surface area contributed by atoms with E-state index in [1.54, 1.807) is 11.3 Å². The maximum absolute atomic E-state index is 12.4. The summed E-state index contributed by atoms with van der Waals surface area (Å²) in [6.45, 7) is 1.50. The zero-order valence-corrected chi connectivity index (χ0v) is 11.5. The number of carbonyl (C=O) groups excluding carboxylic acids is 1. The highest BCUT2D eigenvalue weighted by molar-refractivity contribution is 7.20. The first-order valence-electron chi connectivity index (χ1n) is 6.16. The van der Waals surface area contributed by atoms with Crippen molar-refractivity contribution in [2.75, 3.05) is 13.1 Å². The fraction of sp³-hybridized carbons (Fsp3) is 0.357. The first kappa shape index (κ1) is 12.0. The smallest absolute Gasteiger partial charge is 0.264 e. The van der Waals surface area contributed by atoms with Gasteiger partial charge in [0, 0.05) is 17.8 Å². The second-order valence-corrected chi connectivity index (χ2v) is 6.34. The fourth-order valence-electron chi connectivity index (χ4n) is 2.35. The van der Waals surface area contributed by atoms with Gasteiger partial charge in [0.05, 0.1) is 10.3 Å². The first-order valence-corrected chi connectivity index (χ1v) is 7.41. The first-order chi connectivity index (χ1) is 8.74. The summed E-state index contributed by atoms with van der Waals surface area (Å²) >= 11 is 7.70. The number of amides is 1. The molecule has 2 heterocycles. The summed E-state index contributed by atoms with van der Waals surface area (Å²) in [5.74, 6) is 0.126. The highest BCUT2D eigenvalue weighted by Gasteiger charge is 2.24. The van der Waals surface area contributed by atoms with E-state index in [1.165, 1.54) is 4.70 Å². The highest BCUT2D eigenvalue weighted by atomic mass is 35.5. The van der Waals surface area contributed by atoms with Gasteiger partial charge in [0.25, 0.3) is 5.91 Å². The third-order valence-electron chi connectivity index (χ3n) is 3.29. The van der Waals surface area contributed by atoms with Crippen molar-refractivity contribution in [3.63, 3.8) is 0 Å². The van der Waals surface area contributed by atoms with Crippen molar-refractivity contribution >= 4 is 38.9 Å². The van der Waals surface area contributed by atoms with Crippen molar-refractivity contribution in [2.24, 2.45) is 0 Å². The average molecular weight is 280 g/mol. The molecule has 0 N–H and O–H groups in total. The zero-order valence-electron chi connectivity index (χ0n) is 9.93. The van der Waals surface area contributed by atoms with Gasteiger partial charge in [-0.3, -0.25) is 4.79 Å². The second kappa shape index (κ2) is 4.90. The van der Waals surface area contributed by atoms with Crippen molar-refractivity contribution in [3.05, 3.63) is 35.2 Å². The van der Waals surface area contributed by atoms with E-state index in [2.05, 4.69) is 6.07 Å². The Balaban J connectivity index is 1.87. The van der Waals surface area contributed by atoms with Gasteiger partial charge in [-0.05, 0) is 30.4 Å². The molecule has 0 bridgehead atoms. The maximum atomic E-state index is 12.4. The van der Waals surface area contributed by atoms with E-state index in [0.29, 0.717) is 6.54 Å². The van der Waals surface area contributed by atoms with Gasteiger partial charge >= 0.3 is 0 Å². The van der Waals surface area contributed by atoms with Gasteiger partial charge in [0.1, 0.15) is 0 Å². The lowest BCUT2D eigenvalue weighted by molar-refractivity contribution is 0.0732. The Morgan fingerprint density at radius 2 is 2.22 bits per heavy atom. The Morgan fingerprint density at radius 1 is 1.39 bits per heavy atom. The molecule has 0 radical (unpaired) electrons. The van der Waals surface area contributed by atoms with E-state index in [0.717, 1.165) is 29.6 Å². The van der Waals surface area contributed by atoms with E-state index in [4.69, 9.17) is 11.6 Å².